The van der Waals surface area contributed by atoms with E-state index in [0.29, 0.717) is 10.8 Å². The Morgan fingerprint density at radius 1 is 1.50 bits per heavy atom. The molecule has 0 fully saturated rings. The first-order valence-corrected chi connectivity index (χ1v) is 6.51. The molecular weight excluding hydrogens is 280 g/mol. The van der Waals surface area contributed by atoms with Crippen molar-refractivity contribution in [3.8, 4) is 0 Å². The topological polar surface area (TPSA) is 68.0 Å². The van der Waals surface area contributed by atoms with Crippen molar-refractivity contribution >= 4 is 23.2 Å². The van der Waals surface area contributed by atoms with E-state index >= 15 is 0 Å². The lowest BCUT2D eigenvalue weighted by Gasteiger charge is -2.08. The molecule has 1 N–H and O–H groups in total. The van der Waals surface area contributed by atoms with Gasteiger partial charge in [0.2, 0.25) is 0 Å². The van der Waals surface area contributed by atoms with Crippen LogP contribution in [0.3, 0.4) is 0 Å². The van der Waals surface area contributed by atoms with Crippen molar-refractivity contribution in [1.82, 2.24) is 24.5 Å². The van der Waals surface area contributed by atoms with E-state index in [1.165, 1.54) is 10.7 Å². The molecule has 20 heavy (non-hydrogen) atoms. The molecule has 0 atom stereocenters. The van der Waals surface area contributed by atoms with Crippen LogP contribution in [0.15, 0.2) is 18.5 Å². The largest absolute Gasteiger partial charge is 0.318 e. The third kappa shape index (κ3) is 3.58. The Labute approximate surface area is 122 Å². The number of rotatable bonds is 5. The summed E-state index contributed by atoms with van der Waals surface area (Å²) in [6.45, 7) is 1.64. The number of aromatic nitrogens is 4. The van der Waals surface area contributed by atoms with E-state index in [9.17, 15) is 4.79 Å². The predicted molar refractivity (Wildman–Crippen MR) is 77.0 cm³/mol. The predicted octanol–water partition coefficient (Wildman–Crippen LogP) is 1.08. The average molecular weight is 297 g/mol. The van der Waals surface area contributed by atoms with E-state index in [-0.39, 0.29) is 11.6 Å². The summed E-state index contributed by atoms with van der Waals surface area (Å²) in [6.07, 6.45) is 3.39. The maximum Gasteiger partial charge on any atom is 0.276 e. The van der Waals surface area contributed by atoms with Gasteiger partial charge in [-0.05, 0) is 14.1 Å². The summed E-state index contributed by atoms with van der Waals surface area (Å²) < 4.78 is 3.22. The molecule has 2 aromatic heterocycles. The summed E-state index contributed by atoms with van der Waals surface area (Å²) in [7, 11) is 5.67. The van der Waals surface area contributed by atoms with E-state index < -0.39 is 0 Å². The monoisotopic (exact) mass is 296 g/mol. The number of halogens is 1. The van der Waals surface area contributed by atoms with Crippen LogP contribution in [0.4, 0.5) is 5.69 Å². The van der Waals surface area contributed by atoms with Crippen LogP contribution >= 0.6 is 11.6 Å². The zero-order chi connectivity index (χ0) is 14.7. The van der Waals surface area contributed by atoms with Crippen molar-refractivity contribution in [2.24, 2.45) is 7.05 Å². The lowest BCUT2D eigenvalue weighted by atomic mass is 10.4. The molecule has 0 bridgehead atoms. The molecule has 0 aliphatic rings. The van der Waals surface area contributed by atoms with Crippen molar-refractivity contribution in [2.45, 2.75) is 6.54 Å². The van der Waals surface area contributed by atoms with Gasteiger partial charge in [0.25, 0.3) is 5.91 Å². The highest BCUT2D eigenvalue weighted by atomic mass is 35.5. The van der Waals surface area contributed by atoms with Gasteiger partial charge in [-0.1, -0.05) is 11.6 Å². The SMILES string of the molecule is CN(C)CCn1cc(NC(=O)c2cc(Cl)n(C)n2)cn1. The van der Waals surface area contributed by atoms with Crippen LogP contribution in [0.2, 0.25) is 5.15 Å². The number of amides is 1. The molecule has 0 spiro atoms. The highest BCUT2D eigenvalue weighted by Crippen LogP contribution is 2.12. The standard InChI is InChI=1S/C12H17ClN6O/c1-17(2)4-5-19-8-9(7-14-19)15-12(20)10-6-11(13)18(3)16-10/h6-8H,4-5H2,1-3H3,(H,15,20). The van der Waals surface area contributed by atoms with Crippen LogP contribution in [0.25, 0.3) is 0 Å². The molecule has 8 heteroatoms. The Hall–Kier alpha value is -1.86. The molecule has 2 rings (SSSR count). The first-order valence-electron chi connectivity index (χ1n) is 6.14. The van der Waals surface area contributed by atoms with Crippen LogP contribution in [0.1, 0.15) is 10.5 Å². The van der Waals surface area contributed by atoms with Gasteiger partial charge in [-0.25, -0.2) is 0 Å². The Morgan fingerprint density at radius 2 is 2.25 bits per heavy atom. The van der Waals surface area contributed by atoms with E-state index in [1.54, 1.807) is 24.1 Å². The quantitative estimate of drug-likeness (QED) is 0.896. The number of likely N-dealkylation sites (N-methyl/N-ethyl adjacent to an activating group) is 1. The maximum atomic E-state index is 12.0. The fourth-order valence-corrected chi connectivity index (χ4v) is 1.74. The molecule has 0 radical (unpaired) electrons. The third-order valence-electron chi connectivity index (χ3n) is 2.72. The van der Waals surface area contributed by atoms with E-state index in [4.69, 9.17) is 11.6 Å². The minimum absolute atomic E-state index is 0.276. The van der Waals surface area contributed by atoms with Gasteiger partial charge in [0.15, 0.2) is 5.69 Å². The van der Waals surface area contributed by atoms with Crippen LogP contribution < -0.4 is 5.32 Å². The molecule has 108 valence electrons. The van der Waals surface area contributed by atoms with E-state index in [0.717, 1.165) is 13.1 Å². The van der Waals surface area contributed by atoms with E-state index in [1.807, 2.05) is 14.1 Å². The first-order chi connectivity index (χ1) is 9.45. The van der Waals surface area contributed by atoms with Crippen LogP contribution in [-0.2, 0) is 13.6 Å². The normalized spacial score (nSPS) is 11.1. The van der Waals surface area contributed by atoms with Crippen LogP contribution in [0.5, 0.6) is 0 Å². The first kappa shape index (κ1) is 14.5. The second-order valence-electron chi connectivity index (χ2n) is 4.73. The van der Waals surface area contributed by atoms with Crippen LogP contribution in [-0.4, -0.2) is 51.0 Å². The van der Waals surface area contributed by atoms with Crippen molar-refractivity contribution in [3.63, 3.8) is 0 Å². The van der Waals surface area contributed by atoms with Gasteiger partial charge in [0, 0.05) is 25.9 Å². The molecule has 0 unspecified atom stereocenters. The zero-order valence-electron chi connectivity index (χ0n) is 11.7. The smallest absolute Gasteiger partial charge is 0.276 e. The molecule has 0 aromatic carbocycles. The minimum Gasteiger partial charge on any atom is -0.318 e. The molecule has 1 amide bonds. The lowest BCUT2D eigenvalue weighted by molar-refractivity contribution is 0.102. The van der Waals surface area contributed by atoms with Crippen molar-refractivity contribution < 1.29 is 4.79 Å². The second kappa shape index (κ2) is 6.06. The molecular formula is C12H17ClN6O. The fourth-order valence-electron chi connectivity index (χ4n) is 1.60. The van der Waals surface area contributed by atoms with Gasteiger partial charge in [0.1, 0.15) is 5.15 Å². The highest BCUT2D eigenvalue weighted by molar-refractivity contribution is 6.30. The van der Waals surface area contributed by atoms with Gasteiger partial charge in [0.05, 0.1) is 18.4 Å². The fraction of sp³-hybridized carbons (Fsp3) is 0.417. The van der Waals surface area contributed by atoms with Gasteiger partial charge in [-0.3, -0.25) is 14.2 Å². The number of hydrogen-bond acceptors (Lipinski definition) is 4. The average Bonchev–Trinajstić information content (AvgIpc) is 2.95. The van der Waals surface area contributed by atoms with E-state index in [2.05, 4.69) is 20.4 Å². The van der Waals surface area contributed by atoms with Crippen molar-refractivity contribution in [3.05, 3.63) is 29.3 Å². The van der Waals surface area contributed by atoms with Crippen molar-refractivity contribution in [2.75, 3.05) is 26.0 Å². The van der Waals surface area contributed by atoms with Gasteiger partial charge in [-0.15, -0.1) is 0 Å². The summed E-state index contributed by atoms with van der Waals surface area (Å²) in [4.78, 5) is 14.0. The number of carbonyl (C=O) groups is 1. The summed E-state index contributed by atoms with van der Waals surface area (Å²) in [5, 5.41) is 11.3. The molecule has 0 aliphatic carbocycles. The van der Waals surface area contributed by atoms with Crippen molar-refractivity contribution in [1.29, 1.82) is 0 Å². The summed E-state index contributed by atoms with van der Waals surface area (Å²) in [6, 6.07) is 1.52. The Balaban J connectivity index is 1.98. The number of anilines is 1. The number of carbonyl (C=O) groups excluding carboxylic acids is 1. The number of aryl methyl sites for hydroxylation is 1. The number of nitrogens with one attached hydrogen (secondary N) is 1. The zero-order valence-corrected chi connectivity index (χ0v) is 12.4. The number of nitrogens with zero attached hydrogens (tertiary/aromatic N) is 5. The molecule has 0 aliphatic heterocycles. The molecule has 0 saturated carbocycles. The highest BCUT2D eigenvalue weighted by Gasteiger charge is 2.12. The minimum atomic E-state index is -0.306. The van der Waals surface area contributed by atoms with Crippen LogP contribution in [0, 0.1) is 0 Å². The molecule has 7 nitrogen and oxygen atoms in total. The summed E-state index contributed by atoms with van der Waals surface area (Å²) in [5.41, 5.74) is 0.911. The molecule has 2 heterocycles. The summed E-state index contributed by atoms with van der Waals surface area (Å²) >= 11 is 5.85. The molecule has 0 saturated heterocycles. The second-order valence-corrected chi connectivity index (χ2v) is 5.11. The molecule has 2 aromatic rings. The lowest BCUT2D eigenvalue weighted by Crippen LogP contribution is -2.18. The maximum absolute atomic E-state index is 12.0. The van der Waals surface area contributed by atoms with Gasteiger partial charge < -0.3 is 10.2 Å². The Bertz CT molecular complexity index is 583. The Kier molecular flexibility index (Phi) is 4.41. The Morgan fingerprint density at radius 3 is 2.85 bits per heavy atom. The third-order valence-corrected chi connectivity index (χ3v) is 3.08. The number of hydrogen-bond donors (Lipinski definition) is 1. The van der Waals surface area contributed by atoms with Gasteiger partial charge in [-0.2, -0.15) is 10.2 Å². The van der Waals surface area contributed by atoms with Gasteiger partial charge >= 0.3 is 0 Å². The summed E-state index contributed by atoms with van der Waals surface area (Å²) in [5.74, 6) is -0.306.